The maximum atomic E-state index is 11.2. The van der Waals surface area contributed by atoms with Crippen molar-refractivity contribution in [3.8, 4) is 11.8 Å². The Labute approximate surface area is 98.5 Å². The fourth-order valence-corrected chi connectivity index (χ4v) is 1.57. The number of hydrogen-bond donors (Lipinski definition) is 0. The smallest absolute Gasteiger partial charge is 0.337 e. The lowest BCUT2D eigenvalue weighted by atomic mass is 10.1. The van der Waals surface area contributed by atoms with Crippen LogP contribution in [-0.4, -0.2) is 27.8 Å². The largest absolute Gasteiger partial charge is 0.465 e. The Morgan fingerprint density at radius 2 is 2.06 bits per heavy atom. The summed E-state index contributed by atoms with van der Waals surface area (Å²) in [6, 6.07) is 5.48. The fraction of sp³-hybridized carbons (Fsp3) is 0.200. The normalized spacial score (nSPS) is 10.4. The van der Waals surface area contributed by atoms with Gasteiger partial charge < -0.3 is 8.92 Å². The third-order valence-electron chi connectivity index (χ3n) is 1.76. The van der Waals surface area contributed by atoms with Crippen molar-refractivity contribution in [1.29, 1.82) is 5.26 Å². The first-order chi connectivity index (χ1) is 7.87. The quantitative estimate of drug-likeness (QED) is 0.582. The highest BCUT2D eigenvalue weighted by Crippen LogP contribution is 2.21. The predicted octanol–water partition coefficient (Wildman–Crippen LogP) is 0.683. The second kappa shape index (κ2) is 4.84. The van der Waals surface area contributed by atoms with Gasteiger partial charge in [0.2, 0.25) is 0 Å². The number of benzene rings is 1. The van der Waals surface area contributed by atoms with E-state index in [1.165, 1.54) is 25.3 Å². The number of nitrogens with zero attached hydrogens (tertiary/aromatic N) is 1. The monoisotopic (exact) mass is 255 g/mol. The molecule has 0 bridgehead atoms. The highest BCUT2D eigenvalue weighted by atomic mass is 32.2. The lowest BCUT2D eigenvalue weighted by Crippen LogP contribution is -2.08. The van der Waals surface area contributed by atoms with Crippen LogP contribution in [0.2, 0.25) is 0 Å². The summed E-state index contributed by atoms with van der Waals surface area (Å²) in [6.45, 7) is 0. The topological polar surface area (TPSA) is 93.5 Å². The molecule has 90 valence electrons. The van der Waals surface area contributed by atoms with Crippen molar-refractivity contribution in [1.82, 2.24) is 0 Å². The molecule has 6 nitrogen and oxygen atoms in total. The maximum Gasteiger partial charge on any atom is 0.337 e. The van der Waals surface area contributed by atoms with Crippen molar-refractivity contribution in [3.05, 3.63) is 29.3 Å². The molecule has 0 saturated heterocycles. The van der Waals surface area contributed by atoms with Gasteiger partial charge >= 0.3 is 16.1 Å². The number of nitriles is 1. The molecule has 0 atom stereocenters. The van der Waals surface area contributed by atoms with E-state index in [9.17, 15) is 13.2 Å². The Hall–Kier alpha value is -2.07. The van der Waals surface area contributed by atoms with Gasteiger partial charge in [0.05, 0.1) is 24.5 Å². The minimum atomic E-state index is -3.72. The first kappa shape index (κ1) is 13.0. The van der Waals surface area contributed by atoms with E-state index in [1.807, 2.05) is 0 Å². The van der Waals surface area contributed by atoms with Gasteiger partial charge in [-0.15, -0.1) is 0 Å². The predicted molar refractivity (Wildman–Crippen MR) is 58.0 cm³/mol. The zero-order valence-electron chi connectivity index (χ0n) is 9.13. The molecule has 0 spiro atoms. The van der Waals surface area contributed by atoms with Crippen LogP contribution < -0.4 is 4.18 Å². The molecule has 7 heteroatoms. The van der Waals surface area contributed by atoms with E-state index in [2.05, 4.69) is 8.92 Å². The van der Waals surface area contributed by atoms with Crippen LogP contribution in [0, 0.1) is 11.3 Å². The highest BCUT2D eigenvalue weighted by Gasteiger charge is 2.13. The number of rotatable bonds is 3. The van der Waals surface area contributed by atoms with Crippen LogP contribution in [-0.2, 0) is 14.9 Å². The minimum Gasteiger partial charge on any atom is -0.465 e. The molecule has 0 N–H and O–H groups in total. The average Bonchev–Trinajstić information content (AvgIpc) is 2.26. The summed E-state index contributed by atoms with van der Waals surface area (Å²) in [5, 5.41) is 8.82. The molecule has 0 amide bonds. The van der Waals surface area contributed by atoms with Crippen molar-refractivity contribution in [2.24, 2.45) is 0 Å². The Morgan fingerprint density at radius 1 is 1.41 bits per heavy atom. The van der Waals surface area contributed by atoms with E-state index in [0.29, 0.717) is 0 Å². The summed E-state index contributed by atoms with van der Waals surface area (Å²) in [4.78, 5) is 11.2. The third kappa shape index (κ3) is 3.46. The zero-order chi connectivity index (χ0) is 13.1. The summed E-state index contributed by atoms with van der Waals surface area (Å²) < 4.78 is 30.9. The minimum absolute atomic E-state index is 0.0571. The molecule has 1 aromatic rings. The highest BCUT2D eigenvalue weighted by molar-refractivity contribution is 7.86. The number of hydrogen-bond acceptors (Lipinski definition) is 6. The number of methoxy groups -OCH3 is 1. The maximum absolute atomic E-state index is 11.2. The van der Waals surface area contributed by atoms with Gasteiger partial charge in [0, 0.05) is 0 Å². The molecule has 0 aliphatic rings. The standard InChI is InChI=1S/C10H9NO5S/c1-15-10(12)7-3-4-9(8(5-7)6-11)16-17(2,13)14/h3-5H,1-2H3. The number of ether oxygens (including phenoxy) is 1. The number of carbonyl (C=O) groups is 1. The van der Waals surface area contributed by atoms with Gasteiger partial charge in [0.15, 0.2) is 5.75 Å². The lowest BCUT2D eigenvalue weighted by Gasteiger charge is -2.06. The Kier molecular flexibility index (Phi) is 3.70. The van der Waals surface area contributed by atoms with E-state index in [4.69, 9.17) is 5.26 Å². The summed E-state index contributed by atoms with van der Waals surface area (Å²) in [5.41, 5.74) is 0.0863. The Balaban J connectivity index is 3.20. The van der Waals surface area contributed by atoms with E-state index < -0.39 is 16.1 Å². The number of esters is 1. The zero-order valence-corrected chi connectivity index (χ0v) is 9.95. The van der Waals surface area contributed by atoms with E-state index in [-0.39, 0.29) is 16.9 Å². The molecule has 1 aromatic carbocycles. The van der Waals surface area contributed by atoms with Crippen LogP contribution in [0.4, 0.5) is 0 Å². The second-order valence-corrected chi connectivity index (χ2v) is 4.68. The molecule has 0 unspecified atom stereocenters. The molecule has 0 radical (unpaired) electrons. The van der Waals surface area contributed by atoms with Gasteiger partial charge in [-0.05, 0) is 18.2 Å². The molecule has 0 fully saturated rings. The van der Waals surface area contributed by atoms with Crippen LogP contribution in [0.25, 0.3) is 0 Å². The summed E-state index contributed by atoms with van der Waals surface area (Å²) in [6.07, 6.45) is 0.863. The van der Waals surface area contributed by atoms with Crippen LogP contribution in [0.15, 0.2) is 18.2 Å². The molecule has 0 heterocycles. The van der Waals surface area contributed by atoms with E-state index in [1.54, 1.807) is 6.07 Å². The molecule has 0 saturated carbocycles. The van der Waals surface area contributed by atoms with Gasteiger partial charge in [0.1, 0.15) is 6.07 Å². The molecule has 0 aliphatic carbocycles. The molecule has 0 aromatic heterocycles. The third-order valence-corrected chi connectivity index (χ3v) is 2.24. The second-order valence-electron chi connectivity index (χ2n) is 3.10. The van der Waals surface area contributed by atoms with Gasteiger partial charge in [-0.3, -0.25) is 0 Å². The molecule has 17 heavy (non-hydrogen) atoms. The van der Waals surface area contributed by atoms with Crippen molar-refractivity contribution in [2.45, 2.75) is 0 Å². The molecular weight excluding hydrogens is 246 g/mol. The summed E-state index contributed by atoms with van der Waals surface area (Å²) in [5.74, 6) is -0.741. The van der Waals surface area contributed by atoms with Crippen molar-refractivity contribution in [3.63, 3.8) is 0 Å². The average molecular weight is 255 g/mol. The van der Waals surface area contributed by atoms with Crippen molar-refractivity contribution >= 4 is 16.1 Å². The van der Waals surface area contributed by atoms with Gasteiger partial charge in [-0.1, -0.05) is 0 Å². The van der Waals surface area contributed by atoms with E-state index >= 15 is 0 Å². The van der Waals surface area contributed by atoms with Crippen LogP contribution in [0.5, 0.6) is 5.75 Å². The summed E-state index contributed by atoms with van der Waals surface area (Å²) in [7, 11) is -2.51. The Morgan fingerprint density at radius 3 is 2.53 bits per heavy atom. The van der Waals surface area contributed by atoms with Crippen LogP contribution >= 0.6 is 0 Å². The summed E-state index contributed by atoms with van der Waals surface area (Å²) >= 11 is 0. The van der Waals surface area contributed by atoms with E-state index in [0.717, 1.165) is 6.26 Å². The molecule has 1 rings (SSSR count). The van der Waals surface area contributed by atoms with Crippen molar-refractivity contribution in [2.75, 3.05) is 13.4 Å². The fourth-order valence-electron chi connectivity index (χ4n) is 1.10. The first-order valence-electron chi connectivity index (χ1n) is 4.39. The molecular formula is C10H9NO5S. The first-order valence-corrected chi connectivity index (χ1v) is 6.21. The SMILES string of the molecule is COC(=O)c1ccc(OS(C)(=O)=O)c(C#N)c1. The lowest BCUT2D eigenvalue weighted by molar-refractivity contribution is 0.0600. The van der Waals surface area contributed by atoms with Gasteiger partial charge in [-0.25, -0.2) is 4.79 Å². The van der Waals surface area contributed by atoms with Gasteiger partial charge in [-0.2, -0.15) is 13.7 Å². The van der Waals surface area contributed by atoms with Crippen LogP contribution in [0.3, 0.4) is 0 Å². The molecule has 0 aliphatic heterocycles. The van der Waals surface area contributed by atoms with Crippen LogP contribution in [0.1, 0.15) is 15.9 Å². The van der Waals surface area contributed by atoms with Gasteiger partial charge in [0.25, 0.3) is 0 Å². The number of carbonyl (C=O) groups excluding carboxylic acids is 1. The van der Waals surface area contributed by atoms with Crippen molar-refractivity contribution < 1.29 is 22.1 Å². The Bertz CT molecular complexity index is 585.